The molecule has 0 aromatic heterocycles. The molecule has 1 aliphatic rings. The van der Waals surface area contributed by atoms with Gasteiger partial charge in [-0.1, -0.05) is 17.7 Å². The van der Waals surface area contributed by atoms with Crippen LogP contribution in [0.5, 0.6) is 11.5 Å². The molecule has 0 atom stereocenters. The van der Waals surface area contributed by atoms with E-state index < -0.39 is 11.7 Å². The Balaban J connectivity index is 2.11. The van der Waals surface area contributed by atoms with Gasteiger partial charge in [0.25, 0.3) is 0 Å². The van der Waals surface area contributed by atoms with Crippen molar-refractivity contribution in [3.8, 4) is 22.6 Å². The van der Waals surface area contributed by atoms with Crippen molar-refractivity contribution in [1.29, 1.82) is 5.41 Å². The number of aliphatic carboxylic acids is 1. The molecule has 4 N–H and O–H groups in total. The standard InChI is InChI=1S/C16H13ClN2O4/c17-11-7-12(18)10(15(19)16(20)21)6-9(11)8-1-2-13-14(5-8)23-4-3-22-13/h1-2,5-7,19H,3-4,18H2,(H,20,21). The average Bonchev–Trinajstić information content (AvgIpc) is 2.54. The topological polar surface area (TPSA) is 106 Å². The van der Waals surface area contributed by atoms with Crippen LogP contribution in [0.15, 0.2) is 30.3 Å². The third-order valence-electron chi connectivity index (χ3n) is 3.48. The molecule has 3 rings (SSSR count). The fraction of sp³-hybridized carbons (Fsp3) is 0.125. The van der Waals surface area contributed by atoms with Gasteiger partial charge in [0.2, 0.25) is 0 Å². The quantitative estimate of drug-likeness (QED) is 0.592. The van der Waals surface area contributed by atoms with E-state index in [0.717, 1.165) is 5.56 Å². The fourth-order valence-electron chi connectivity index (χ4n) is 2.35. The van der Waals surface area contributed by atoms with Crippen LogP contribution >= 0.6 is 11.6 Å². The zero-order chi connectivity index (χ0) is 16.6. The van der Waals surface area contributed by atoms with Crippen LogP contribution in [0.3, 0.4) is 0 Å². The normalized spacial score (nSPS) is 12.7. The third kappa shape index (κ3) is 2.80. The van der Waals surface area contributed by atoms with Crippen molar-refractivity contribution in [2.45, 2.75) is 0 Å². The molecule has 0 unspecified atom stereocenters. The number of hydrogen-bond acceptors (Lipinski definition) is 5. The second-order valence-corrected chi connectivity index (χ2v) is 5.37. The molecule has 0 aliphatic carbocycles. The molecule has 1 aliphatic heterocycles. The summed E-state index contributed by atoms with van der Waals surface area (Å²) in [7, 11) is 0. The van der Waals surface area contributed by atoms with Gasteiger partial charge in [0.05, 0.1) is 5.02 Å². The van der Waals surface area contributed by atoms with E-state index in [1.165, 1.54) is 12.1 Å². The Bertz CT molecular complexity index is 820. The lowest BCUT2D eigenvalue weighted by atomic mass is 9.99. The summed E-state index contributed by atoms with van der Waals surface area (Å²) in [6.07, 6.45) is 0. The van der Waals surface area contributed by atoms with Crippen molar-refractivity contribution in [3.05, 3.63) is 40.9 Å². The number of carbonyl (C=O) groups is 1. The van der Waals surface area contributed by atoms with Gasteiger partial charge in [-0.05, 0) is 29.8 Å². The Morgan fingerprint density at radius 3 is 2.57 bits per heavy atom. The van der Waals surface area contributed by atoms with Crippen LogP contribution in [0.4, 0.5) is 5.69 Å². The van der Waals surface area contributed by atoms with Gasteiger partial charge in [-0.2, -0.15) is 0 Å². The average molecular weight is 333 g/mol. The van der Waals surface area contributed by atoms with Gasteiger partial charge >= 0.3 is 5.97 Å². The second-order valence-electron chi connectivity index (χ2n) is 4.96. The van der Waals surface area contributed by atoms with Crippen LogP contribution in [-0.2, 0) is 4.79 Å². The van der Waals surface area contributed by atoms with Gasteiger partial charge in [0.1, 0.15) is 18.9 Å². The van der Waals surface area contributed by atoms with Gasteiger partial charge in [-0.15, -0.1) is 0 Å². The molecule has 2 aromatic rings. The lowest BCUT2D eigenvalue weighted by Crippen LogP contribution is -2.15. The minimum atomic E-state index is -1.35. The molecule has 2 aromatic carbocycles. The van der Waals surface area contributed by atoms with E-state index in [1.54, 1.807) is 18.2 Å². The van der Waals surface area contributed by atoms with Crippen molar-refractivity contribution < 1.29 is 19.4 Å². The van der Waals surface area contributed by atoms with Gasteiger partial charge < -0.3 is 20.3 Å². The zero-order valence-corrected chi connectivity index (χ0v) is 12.7. The van der Waals surface area contributed by atoms with E-state index in [2.05, 4.69) is 0 Å². The number of anilines is 1. The summed E-state index contributed by atoms with van der Waals surface area (Å²) in [4.78, 5) is 11.0. The summed E-state index contributed by atoms with van der Waals surface area (Å²) in [6.45, 7) is 0.954. The maximum atomic E-state index is 11.0. The number of fused-ring (bicyclic) bond motifs is 1. The number of rotatable bonds is 3. The summed E-state index contributed by atoms with van der Waals surface area (Å²) < 4.78 is 11.0. The SMILES string of the molecule is N=C(C(=O)O)c1cc(-c2ccc3c(c2)OCCO3)c(Cl)cc1N. The molecule has 0 fully saturated rings. The Hall–Kier alpha value is -2.73. The molecule has 7 heteroatoms. The molecule has 23 heavy (non-hydrogen) atoms. The molecule has 0 saturated carbocycles. The molecule has 0 amide bonds. The molecule has 0 spiro atoms. The molecule has 0 saturated heterocycles. The van der Waals surface area contributed by atoms with Crippen molar-refractivity contribution in [2.75, 3.05) is 18.9 Å². The number of nitrogens with two attached hydrogens (primary N) is 1. The smallest absolute Gasteiger partial charge is 0.354 e. The predicted molar refractivity (Wildman–Crippen MR) is 86.8 cm³/mol. The zero-order valence-electron chi connectivity index (χ0n) is 11.9. The lowest BCUT2D eigenvalue weighted by molar-refractivity contribution is -0.129. The monoisotopic (exact) mass is 332 g/mol. The maximum absolute atomic E-state index is 11.0. The number of carboxylic acids is 1. The number of nitrogen functional groups attached to an aromatic ring is 1. The first kappa shape index (κ1) is 15.2. The summed E-state index contributed by atoms with van der Waals surface area (Å²) in [6, 6.07) is 8.26. The first-order valence-corrected chi connectivity index (χ1v) is 7.16. The van der Waals surface area contributed by atoms with Crippen molar-refractivity contribution >= 4 is 29.0 Å². The highest BCUT2D eigenvalue weighted by Crippen LogP contribution is 2.38. The highest BCUT2D eigenvalue weighted by molar-refractivity contribution is 6.43. The molecule has 118 valence electrons. The number of nitrogens with one attached hydrogen (secondary N) is 1. The van der Waals surface area contributed by atoms with Crippen LogP contribution in [0.1, 0.15) is 5.56 Å². The highest BCUT2D eigenvalue weighted by Gasteiger charge is 2.18. The van der Waals surface area contributed by atoms with Crippen LogP contribution < -0.4 is 15.2 Å². The minimum absolute atomic E-state index is 0.117. The summed E-state index contributed by atoms with van der Waals surface area (Å²) in [5, 5.41) is 17.0. The van der Waals surface area contributed by atoms with Gasteiger partial charge in [-0.25, -0.2) is 4.79 Å². The summed E-state index contributed by atoms with van der Waals surface area (Å²) >= 11 is 6.23. The predicted octanol–water partition coefficient (Wildman–Crippen LogP) is 2.81. The molecule has 0 bridgehead atoms. The number of carboxylic acid groups (broad SMARTS) is 1. The van der Waals surface area contributed by atoms with Crippen LogP contribution in [0.2, 0.25) is 5.02 Å². The molecule has 0 radical (unpaired) electrons. The first-order chi connectivity index (χ1) is 11.0. The Morgan fingerprint density at radius 1 is 1.17 bits per heavy atom. The van der Waals surface area contributed by atoms with Crippen LogP contribution in [-0.4, -0.2) is 30.0 Å². The molecule has 1 heterocycles. The Morgan fingerprint density at radius 2 is 1.87 bits per heavy atom. The van der Waals surface area contributed by atoms with E-state index in [9.17, 15) is 4.79 Å². The third-order valence-corrected chi connectivity index (χ3v) is 3.79. The van der Waals surface area contributed by atoms with E-state index in [0.29, 0.717) is 35.3 Å². The second kappa shape index (κ2) is 5.81. The number of benzene rings is 2. The Kier molecular flexibility index (Phi) is 3.83. The molecular formula is C16H13ClN2O4. The highest BCUT2D eigenvalue weighted by atomic mass is 35.5. The largest absolute Gasteiger partial charge is 0.486 e. The lowest BCUT2D eigenvalue weighted by Gasteiger charge is -2.19. The van der Waals surface area contributed by atoms with E-state index in [4.69, 9.17) is 37.3 Å². The first-order valence-electron chi connectivity index (χ1n) is 6.78. The van der Waals surface area contributed by atoms with Crippen molar-refractivity contribution in [3.63, 3.8) is 0 Å². The maximum Gasteiger partial charge on any atom is 0.354 e. The summed E-state index contributed by atoms with van der Waals surface area (Å²) in [5.74, 6) is -0.117. The van der Waals surface area contributed by atoms with Gasteiger partial charge in [0, 0.05) is 16.8 Å². The number of halogens is 1. The molecule has 6 nitrogen and oxygen atoms in total. The minimum Gasteiger partial charge on any atom is -0.486 e. The fourth-order valence-corrected chi connectivity index (χ4v) is 2.63. The van der Waals surface area contributed by atoms with Crippen molar-refractivity contribution in [2.24, 2.45) is 0 Å². The van der Waals surface area contributed by atoms with Crippen LogP contribution in [0, 0.1) is 5.41 Å². The van der Waals surface area contributed by atoms with Crippen LogP contribution in [0.25, 0.3) is 11.1 Å². The van der Waals surface area contributed by atoms with Crippen molar-refractivity contribution in [1.82, 2.24) is 0 Å². The summed E-state index contributed by atoms with van der Waals surface area (Å²) in [5.41, 5.74) is 6.75. The number of ether oxygens (including phenoxy) is 2. The van der Waals surface area contributed by atoms with E-state index >= 15 is 0 Å². The van der Waals surface area contributed by atoms with Gasteiger partial charge in [-0.3, -0.25) is 5.41 Å². The van der Waals surface area contributed by atoms with E-state index in [1.807, 2.05) is 0 Å². The Labute approximate surface area is 136 Å². The van der Waals surface area contributed by atoms with E-state index in [-0.39, 0.29) is 11.3 Å². The van der Waals surface area contributed by atoms with Gasteiger partial charge in [0.15, 0.2) is 11.5 Å². The number of hydrogen-bond donors (Lipinski definition) is 3. The molecular weight excluding hydrogens is 320 g/mol.